The molecule has 0 aliphatic carbocycles. The van der Waals surface area contributed by atoms with E-state index in [2.05, 4.69) is 20.8 Å². The number of thioether (sulfide) groups is 1. The van der Waals surface area contributed by atoms with Crippen LogP contribution in [0.25, 0.3) is 0 Å². The lowest BCUT2D eigenvalue weighted by Gasteiger charge is -2.11. The first kappa shape index (κ1) is 18.2. The van der Waals surface area contributed by atoms with Crippen molar-refractivity contribution in [3.8, 4) is 0 Å². The minimum atomic E-state index is -0.611. The number of benzene rings is 1. The molecule has 0 bridgehead atoms. The molecule has 1 atom stereocenters. The molecule has 1 aliphatic heterocycles. The van der Waals surface area contributed by atoms with E-state index in [9.17, 15) is 14.4 Å². The molecule has 3 rings (SSSR count). The molecule has 1 aromatic heterocycles. The average molecular weight is 377 g/mol. The number of urea groups is 1. The average Bonchev–Trinajstić information content (AvgIpc) is 3.25. The van der Waals surface area contributed by atoms with Gasteiger partial charge in [0.1, 0.15) is 0 Å². The number of aromatic nitrogens is 3. The first-order valence-corrected chi connectivity index (χ1v) is 9.16. The molecular weight excluding hydrogens is 358 g/mol. The Labute approximate surface area is 153 Å². The molecule has 0 radical (unpaired) electrons. The van der Waals surface area contributed by atoms with Crippen LogP contribution >= 0.6 is 11.8 Å². The summed E-state index contributed by atoms with van der Waals surface area (Å²) in [7, 11) is 0. The van der Waals surface area contributed by atoms with Gasteiger partial charge in [-0.2, -0.15) is 0 Å². The van der Waals surface area contributed by atoms with Gasteiger partial charge in [0.25, 0.3) is 0 Å². The van der Waals surface area contributed by atoms with Crippen LogP contribution in [-0.2, 0) is 16.1 Å². The fraction of sp³-hybridized carbons (Fsp3) is 0.375. The van der Waals surface area contributed by atoms with E-state index in [1.165, 1.54) is 4.57 Å². The molecule has 0 saturated carbocycles. The Balaban J connectivity index is 1.50. The van der Waals surface area contributed by atoms with E-state index < -0.39 is 11.9 Å². The van der Waals surface area contributed by atoms with Gasteiger partial charge in [-0.25, -0.2) is 14.7 Å². The van der Waals surface area contributed by atoms with Crippen LogP contribution in [-0.4, -0.2) is 45.2 Å². The number of amides is 3. The minimum Gasteiger partial charge on any atom is -0.376 e. The van der Waals surface area contributed by atoms with Gasteiger partial charge in [0.2, 0.25) is 5.91 Å². The minimum absolute atomic E-state index is 0.0184. The highest BCUT2D eigenvalue weighted by Gasteiger charge is 2.20. The summed E-state index contributed by atoms with van der Waals surface area (Å²) >= 11 is 1.08. The molecule has 3 N–H and O–H groups in total. The first-order chi connectivity index (χ1) is 12.6. The Morgan fingerprint density at radius 1 is 1.35 bits per heavy atom. The van der Waals surface area contributed by atoms with Crippen LogP contribution in [0.4, 0.5) is 10.5 Å². The van der Waals surface area contributed by atoms with Gasteiger partial charge in [-0.1, -0.05) is 30.0 Å². The molecule has 2 aromatic rings. The molecule has 0 unspecified atom stereocenters. The first-order valence-electron chi connectivity index (χ1n) is 8.17. The fourth-order valence-corrected chi connectivity index (χ4v) is 3.30. The van der Waals surface area contributed by atoms with Gasteiger partial charge >= 0.3 is 11.7 Å². The SMILES string of the molecule is O=C(CSc1n[nH]c(=O)n1C[C@H]1CCCO1)NC(=O)Nc1ccccc1. The van der Waals surface area contributed by atoms with Crippen molar-refractivity contribution in [3.63, 3.8) is 0 Å². The molecule has 0 spiro atoms. The van der Waals surface area contributed by atoms with Crippen molar-refractivity contribution in [2.75, 3.05) is 17.7 Å². The summed E-state index contributed by atoms with van der Waals surface area (Å²) in [5.41, 5.74) is 0.244. The highest BCUT2D eigenvalue weighted by Crippen LogP contribution is 2.17. The lowest BCUT2D eigenvalue weighted by Crippen LogP contribution is -2.35. The molecule has 10 heteroatoms. The second-order valence-corrected chi connectivity index (χ2v) is 6.66. The van der Waals surface area contributed by atoms with Gasteiger partial charge in [0, 0.05) is 12.3 Å². The lowest BCUT2D eigenvalue weighted by atomic mass is 10.2. The third-order valence-corrected chi connectivity index (χ3v) is 4.73. The van der Waals surface area contributed by atoms with E-state index in [1.54, 1.807) is 24.3 Å². The van der Waals surface area contributed by atoms with E-state index in [0.29, 0.717) is 24.0 Å². The molecule has 1 aliphatic rings. The number of nitrogens with one attached hydrogen (secondary N) is 3. The van der Waals surface area contributed by atoms with Crippen LogP contribution in [0.5, 0.6) is 0 Å². The van der Waals surface area contributed by atoms with E-state index in [0.717, 1.165) is 24.6 Å². The summed E-state index contributed by atoms with van der Waals surface area (Å²) in [6.07, 6.45) is 1.84. The molecule has 138 valence electrons. The van der Waals surface area contributed by atoms with Gasteiger partial charge in [-0.15, -0.1) is 5.10 Å². The maximum absolute atomic E-state index is 11.9. The third kappa shape index (κ3) is 4.96. The van der Waals surface area contributed by atoms with Crippen LogP contribution in [0.15, 0.2) is 40.3 Å². The van der Waals surface area contributed by atoms with Crippen molar-refractivity contribution in [3.05, 3.63) is 40.8 Å². The number of H-pyrrole nitrogens is 1. The number of ether oxygens (including phenoxy) is 1. The second kappa shape index (κ2) is 8.68. The third-order valence-electron chi connectivity index (χ3n) is 3.75. The van der Waals surface area contributed by atoms with Crippen molar-refractivity contribution < 1.29 is 14.3 Å². The summed E-state index contributed by atoms with van der Waals surface area (Å²) in [4.78, 5) is 35.6. The Bertz CT molecular complexity index is 814. The van der Waals surface area contributed by atoms with Gasteiger partial charge < -0.3 is 10.1 Å². The highest BCUT2D eigenvalue weighted by molar-refractivity contribution is 7.99. The predicted octanol–water partition coefficient (Wildman–Crippen LogP) is 1.19. The second-order valence-electron chi connectivity index (χ2n) is 5.71. The molecule has 9 nitrogen and oxygen atoms in total. The standard InChI is InChI=1S/C16H19N5O4S/c22-13(18-14(23)17-11-5-2-1-3-6-11)10-26-16-20-19-15(24)21(16)9-12-7-4-8-25-12/h1-3,5-6,12H,4,7-10H2,(H,19,24)(H2,17,18,22,23)/t12-/m1/s1. The summed E-state index contributed by atoms with van der Waals surface area (Å²) in [5.74, 6) is -0.527. The normalized spacial score (nSPS) is 16.4. The van der Waals surface area contributed by atoms with Crippen LogP contribution in [0, 0.1) is 0 Å². The number of anilines is 1. The van der Waals surface area contributed by atoms with E-state index >= 15 is 0 Å². The van der Waals surface area contributed by atoms with Gasteiger partial charge in [0.05, 0.1) is 18.4 Å². The van der Waals surface area contributed by atoms with Crippen molar-refractivity contribution in [2.45, 2.75) is 30.6 Å². The largest absolute Gasteiger partial charge is 0.376 e. The van der Waals surface area contributed by atoms with E-state index in [-0.39, 0.29) is 17.5 Å². The number of para-hydroxylation sites is 1. The van der Waals surface area contributed by atoms with Gasteiger partial charge in [-0.05, 0) is 25.0 Å². The zero-order valence-corrected chi connectivity index (χ0v) is 14.8. The molecule has 3 amide bonds. The highest BCUT2D eigenvalue weighted by atomic mass is 32.2. The number of imide groups is 1. The van der Waals surface area contributed by atoms with Crippen LogP contribution < -0.4 is 16.3 Å². The number of hydrogen-bond acceptors (Lipinski definition) is 6. The Kier molecular flexibility index (Phi) is 6.08. The Morgan fingerprint density at radius 3 is 2.88 bits per heavy atom. The molecular formula is C16H19N5O4S. The van der Waals surface area contributed by atoms with Crippen LogP contribution in [0.3, 0.4) is 0 Å². The summed E-state index contributed by atoms with van der Waals surface area (Å²) in [6, 6.07) is 8.19. The van der Waals surface area contributed by atoms with Crippen molar-refractivity contribution in [1.82, 2.24) is 20.1 Å². The molecule has 2 heterocycles. The Hall–Kier alpha value is -2.59. The summed E-state index contributed by atoms with van der Waals surface area (Å²) in [6.45, 7) is 1.09. The monoisotopic (exact) mass is 377 g/mol. The summed E-state index contributed by atoms with van der Waals surface area (Å²) < 4.78 is 6.98. The quantitative estimate of drug-likeness (QED) is 0.651. The van der Waals surface area contributed by atoms with Crippen molar-refractivity contribution >= 4 is 29.4 Å². The lowest BCUT2D eigenvalue weighted by molar-refractivity contribution is -0.117. The van der Waals surface area contributed by atoms with Crippen LogP contribution in [0.2, 0.25) is 0 Å². The zero-order chi connectivity index (χ0) is 18.4. The van der Waals surface area contributed by atoms with Crippen LogP contribution in [0.1, 0.15) is 12.8 Å². The van der Waals surface area contributed by atoms with Gasteiger partial charge in [-0.3, -0.25) is 14.7 Å². The fourth-order valence-electron chi connectivity index (χ4n) is 2.54. The zero-order valence-electron chi connectivity index (χ0n) is 13.9. The predicted molar refractivity (Wildman–Crippen MR) is 96.1 cm³/mol. The number of hydrogen-bond donors (Lipinski definition) is 3. The number of carbonyl (C=O) groups is 2. The maximum atomic E-state index is 11.9. The maximum Gasteiger partial charge on any atom is 0.344 e. The van der Waals surface area contributed by atoms with Gasteiger partial charge in [0.15, 0.2) is 5.16 Å². The van der Waals surface area contributed by atoms with Crippen molar-refractivity contribution in [1.29, 1.82) is 0 Å². The molecule has 1 fully saturated rings. The van der Waals surface area contributed by atoms with Crippen molar-refractivity contribution in [2.24, 2.45) is 0 Å². The number of nitrogens with zero attached hydrogens (tertiary/aromatic N) is 2. The Morgan fingerprint density at radius 2 is 2.15 bits per heavy atom. The summed E-state index contributed by atoms with van der Waals surface area (Å²) in [5, 5.41) is 11.5. The number of carbonyl (C=O) groups excluding carboxylic acids is 2. The van der Waals surface area contributed by atoms with E-state index in [1.807, 2.05) is 6.07 Å². The number of aromatic amines is 1. The molecule has 26 heavy (non-hydrogen) atoms. The number of rotatable bonds is 6. The topological polar surface area (TPSA) is 118 Å². The molecule has 1 saturated heterocycles. The van der Waals surface area contributed by atoms with E-state index in [4.69, 9.17) is 4.74 Å². The molecule has 1 aromatic carbocycles. The smallest absolute Gasteiger partial charge is 0.344 e.